The van der Waals surface area contributed by atoms with Crippen molar-refractivity contribution in [2.45, 2.75) is 18.9 Å². The number of nitrogens with zero attached hydrogens (tertiary/aromatic N) is 4. The first-order chi connectivity index (χ1) is 18.1. The number of cyclic esters (lactones) is 1. The van der Waals surface area contributed by atoms with Crippen molar-refractivity contribution in [2.75, 3.05) is 39.9 Å². The monoisotopic (exact) mass is 504 g/mol. The van der Waals surface area contributed by atoms with Gasteiger partial charge in [0.05, 0.1) is 37.5 Å². The third-order valence-electron chi connectivity index (χ3n) is 6.72. The lowest BCUT2D eigenvalue weighted by atomic mass is 10.0. The van der Waals surface area contributed by atoms with Gasteiger partial charge in [0.15, 0.2) is 12.0 Å². The van der Waals surface area contributed by atoms with Crippen LogP contribution in [0.4, 0.5) is 4.79 Å². The van der Waals surface area contributed by atoms with E-state index in [1.165, 1.54) is 11.2 Å². The summed E-state index contributed by atoms with van der Waals surface area (Å²) >= 11 is 0. The Morgan fingerprint density at radius 3 is 2.92 bits per heavy atom. The fourth-order valence-electron chi connectivity index (χ4n) is 4.77. The van der Waals surface area contributed by atoms with Gasteiger partial charge in [0.1, 0.15) is 18.1 Å². The summed E-state index contributed by atoms with van der Waals surface area (Å²) < 4.78 is 28.2. The first-order valence-electron chi connectivity index (χ1n) is 12.4. The normalized spacial score (nSPS) is 21.9. The predicted molar refractivity (Wildman–Crippen MR) is 133 cm³/mol. The lowest BCUT2D eigenvalue weighted by Crippen LogP contribution is -2.52. The Bertz CT molecular complexity index is 1310. The van der Waals surface area contributed by atoms with E-state index < -0.39 is 6.09 Å². The summed E-state index contributed by atoms with van der Waals surface area (Å²) in [5.41, 5.74) is 2.57. The van der Waals surface area contributed by atoms with Crippen LogP contribution < -0.4 is 9.47 Å². The topological polar surface area (TPSA) is 95.5 Å². The smallest absolute Gasteiger partial charge is 0.417 e. The highest BCUT2D eigenvalue weighted by atomic mass is 16.6. The lowest BCUT2D eigenvalue weighted by molar-refractivity contribution is 0.0261. The molecule has 0 N–H and O–H groups in total. The van der Waals surface area contributed by atoms with E-state index in [-0.39, 0.29) is 6.10 Å². The second-order valence-corrected chi connectivity index (χ2v) is 9.41. The molecule has 192 valence electrons. The number of carbonyl (C=O) groups excluding carboxylic acids is 1. The Morgan fingerprint density at radius 1 is 1.16 bits per heavy atom. The molecule has 10 heteroatoms. The molecule has 2 aromatic rings. The molecule has 4 aliphatic rings. The van der Waals surface area contributed by atoms with Crippen molar-refractivity contribution in [3.63, 3.8) is 0 Å². The van der Waals surface area contributed by atoms with E-state index in [0.29, 0.717) is 43.1 Å². The van der Waals surface area contributed by atoms with Gasteiger partial charge >= 0.3 is 6.09 Å². The van der Waals surface area contributed by atoms with Crippen molar-refractivity contribution < 1.29 is 28.5 Å². The van der Waals surface area contributed by atoms with Crippen molar-refractivity contribution in [1.29, 1.82) is 0 Å². The van der Waals surface area contributed by atoms with Crippen LogP contribution in [0.2, 0.25) is 0 Å². The number of carbonyl (C=O) groups is 1. The lowest BCUT2D eigenvalue weighted by Gasteiger charge is -2.39. The number of likely N-dealkylation sites (tertiary alicyclic amines) is 1. The van der Waals surface area contributed by atoms with Gasteiger partial charge < -0.3 is 23.7 Å². The molecule has 3 aliphatic heterocycles. The molecule has 37 heavy (non-hydrogen) atoms. The van der Waals surface area contributed by atoms with Crippen LogP contribution in [0, 0.1) is 5.92 Å². The van der Waals surface area contributed by atoms with Gasteiger partial charge in [0.2, 0.25) is 11.8 Å². The second kappa shape index (κ2) is 10.1. The van der Waals surface area contributed by atoms with Crippen molar-refractivity contribution in [3.05, 3.63) is 72.4 Å². The predicted octanol–water partition coefficient (Wildman–Crippen LogP) is 3.73. The second-order valence-electron chi connectivity index (χ2n) is 9.41. The number of rotatable bonds is 8. The number of hydrogen-bond acceptors (Lipinski definition) is 9. The Morgan fingerprint density at radius 2 is 2.08 bits per heavy atom. The van der Waals surface area contributed by atoms with Gasteiger partial charge in [-0.05, 0) is 30.5 Å². The minimum Gasteiger partial charge on any atom is -0.497 e. The van der Waals surface area contributed by atoms with Crippen LogP contribution in [0.15, 0.2) is 72.4 Å². The maximum Gasteiger partial charge on any atom is 0.417 e. The Kier molecular flexibility index (Phi) is 6.40. The molecular weight excluding hydrogens is 476 g/mol. The average Bonchev–Trinajstić information content (AvgIpc) is 3.29. The number of aromatic nitrogens is 2. The first kappa shape index (κ1) is 23.4. The Balaban J connectivity index is 0.961. The molecule has 1 aromatic carbocycles. The fraction of sp³-hybridized carbons (Fsp3) is 0.370. The van der Waals surface area contributed by atoms with Gasteiger partial charge in [-0.2, -0.15) is 0 Å². The SMILES string of the molecule is COc1ccc2ncc(OCC3CN(C[C@@H]4CN(C5=COC=C(C6=CC=CCC6)O5)C(=O)O4)C3)nc2c1. The van der Waals surface area contributed by atoms with Gasteiger partial charge in [0, 0.05) is 31.6 Å². The summed E-state index contributed by atoms with van der Waals surface area (Å²) in [5.74, 6) is 2.58. The maximum absolute atomic E-state index is 12.5. The highest BCUT2D eigenvalue weighted by molar-refractivity contribution is 5.76. The quantitative estimate of drug-likeness (QED) is 0.533. The molecule has 0 unspecified atom stereocenters. The van der Waals surface area contributed by atoms with Gasteiger partial charge in [-0.15, -0.1) is 0 Å². The Hall–Kier alpha value is -4.05. The van der Waals surface area contributed by atoms with Crippen LogP contribution >= 0.6 is 0 Å². The molecule has 1 amide bonds. The van der Waals surface area contributed by atoms with Crippen molar-refractivity contribution >= 4 is 17.1 Å². The molecule has 6 rings (SSSR count). The minimum absolute atomic E-state index is 0.244. The number of methoxy groups -OCH3 is 1. The molecule has 1 aliphatic carbocycles. The summed E-state index contributed by atoms with van der Waals surface area (Å²) in [6.45, 7) is 3.34. The molecule has 10 nitrogen and oxygen atoms in total. The average molecular weight is 505 g/mol. The van der Waals surface area contributed by atoms with Crippen LogP contribution in [0.25, 0.3) is 11.0 Å². The van der Waals surface area contributed by atoms with E-state index in [2.05, 4.69) is 20.9 Å². The zero-order valence-electron chi connectivity index (χ0n) is 20.5. The third kappa shape index (κ3) is 5.10. The van der Waals surface area contributed by atoms with Crippen molar-refractivity contribution in [2.24, 2.45) is 5.92 Å². The number of fused-ring (bicyclic) bond motifs is 1. The molecule has 1 aromatic heterocycles. The van der Waals surface area contributed by atoms with Crippen LogP contribution in [-0.4, -0.2) is 71.9 Å². The van der Waals surface area contributed by atoms with E-state index in [9.17, 15) is 4.79 Å². The van der Waals surface area contributed by atoms with Crippen LogP contribution in [0.5, 0.6) is 11.6 Å². The maximum atomic E-state index is 12.5. The van der Waals surface area contributed by atoms with E-state index in [4.69, 9.17) is 23.7 Å². The molecule has 0 bridgehead atoms. The molecule has 1 atom stereocenters. The van der Waals surface area contributed by atoms with E-state index in [1.54, 1.807) is 19.6 Å². The summed E-state index contributed by atoms with van der Waals surface area (Å²) in [7, 11) is 1.62. The highest BCUT2D eigenvalue weighted by Gasteiger charge is 2.39. The summed E-state index contributed by atoms with van der Waals surface area (Å²) in [4.78, 5) is 25.2. The number of hydrogen-bond donors (Lipinski definition) is 0. The fourth-order valence-corrected chi connectivity index (χ4v) is 4.77. The standard InChI is InChI=1S/C27H28N4O6/c1-33-20-7-8-22-23(9-20)29-25(10-28-22)35-15-18-11-30(12-18)13-21-14-31(27(32)36-21)26-17-34-16-24(37-26)19-5-3-2-4-6-19/h2-3,5,7-10,16-18,21H,4,6,11-15H2,1H3/t21-/m1/s1. The van der Waals surface area contributed by atoms with Gasteiger partial charge in [-0.25, -0.2) is 19.7 Å². The van der Waals surface area contributed by atoms with Gasteiger partial charge in [-0.3, -0.25) is 4.90 Å². The molecular formula is C27H28N4O6. The zero-order valence-corrected chi connectivity index (χ0v) is 20.5. The van der Waals surface area contributed by atoms with Crippen molar-refractivity contribution in [3.8, 4) is 11.6 Å². The van der Waals surface area contributed by atoms with E-state index >= 15 is 0 Å². The van der Waals surface area contributed by atoms with E-state index in [1.807, 2.05) is 30.4 Å². The number of ether oxygens (including phenoxy) is 5. The van der Waals surface area contributed by atoms with Gasteiger partial charge in [0.25, 0.3) is 0 Å². The van der Waals surface area contributed by atoms with Crippen LogP contribution in [0.3, 0.4) is 0 Å². The molecule has 0 radical (unpaired) electrons. The zero-order chi connectivity index (χ0) is 25.2. The van der Waals surface area contributed by atoms with Crippen LogP contribution in [-0.2, 0) is 14.2 Å². The Labute approximate surface area is 214 Å². The first-order valence-corrected chi connectivity index (χ1v) is 12.4. The molecule has 4 heterocycles. The van der Waals surface area contributed by atoms with Crippen LogP contribution in [0.1, 0.15) is 12.8 Å². The summed E-state index contributed by atoms with van der Waals surface area (Å²) in [6.07, 6.45) is 11.9. The van der Waals surface area contributed by atoms with E-state index in [0.717, 1.165) is 48.3 Å². The minimum atomic E-state index is -0.425. The molecule has 2 fully saturated rings. The molecule has 0 saturated carbocycles. The number of allylic oxidation sites excluding steroid dienone is 4. The summed E-state index contributed by atoms with van der Waals surface area (Å²) in [6, 6.07) is 5.57. The highest BCUT2D eigenvalue weighted by Crippen LogP contribution is 2.30. The number of benzene rings is 1. The molecule has 0 spiro atoms. The number of amides is 1. The van der Waals surface area contributed by atoms with Crippen molar-refractivity contribution in [1.82, 2.24) is 19.8 Å². The van der Waals surface area contributed by atoms with Gasteiger partial charge in [-0.1, -0.05) is 18.2 Å². The molecule has 2 saturated heterocycles. The third-order valence-corrected chi connectivity index (χ3v) is 6.72. The largest absolute Gasteiger partial charge is 0.497 e. The summed E-state index contributed by atoms with van der Waals surface area (Å²) in [5, 5.41) is 0.